The molecular formula is C14H20N2O2S. The Balaban J connectivity index is 3.16. The van der Waals surface area contributed by atoms with E-state index in [9.17, 15) is 8.42 Å². The molecule has 0 aromatic carbocycles. The third-order valence-electron chi connectivity index (χ3n) is 3.13. The van der Waals surface area contributed by atoms with E-state index >= 15 is 0 Å². The van der Waals surface area contributed by atoms with Gasteiger partial charge in [0.15, 0.2) is 9.84 Å². The second kappa shape index (κ2) is 6.67. The van der Waals surface area contributed by atoms with E-state index in [2.05, 4.69) is 11.1 Å². The lowest BCUT2D eigenvalue weighted by molar-refractivity contribution is 0.585. The Morgan fingerprint density at radius 2 is 2.05 bits per heavy atom. The molecule has 0 aliphatic heterocycles. The molecule has 0 N–H and O–H groups in total. The van der Waals surface area contributed by atoms with Crippen LogP contribution in [0.25, 0.3) is 0 Å². The van der Waals surface area contributed by atoms with Crippen LogP contribution in [0.3, 0.4) is 0 Å². The first-order chi connectivity index (χ1) is 8.93. The zero-order valence-electron chi connectivity index (χ0n) is 11.6. The molecule has 1 rings (SSSR count). The fourth-order valence-electron chi connectivity index (χ4n) is 1.93. The van der Waals surface area contributed by atoms with E-state index in [0.717, 1.165) is 18.4 Å². The Kier molecular flexibility index (Phi) is 5.49. The number of sulfone groups is 1. The van der Waals surface area contributed by atoms with Crippen LogP contribution in [0.1, 0.15) is 51.5 Å². The van der Waals surface area contributed by atoms with Crippen molar-refractivity contribution < 1.29 is 8.42 Å². The maximum Gasteiger partial charge on any atom is 0.182 e. The summed E-state index contributed by atoms with van der Waals surface area (Å²) in [5, 5.41) is 8.39. The van der Waals surface area contributed by atoms with Crippen LogP contribution in [0.5, 0.6) is 0 Å². The van der Waals surface area contributed by atoms with Gasteiger partial charge in [-0.25, -0.2) is 8.42 Å². The van der Waals surface area contributed by atoms with Crippen molar-refractivity contribution in [1.82, 2.24) is 4.98 Å². The van der Waals surface area contributed by atoms with Gasteiger partial charge >= 0.3 is 0 Å². The minimum Gasteiger partial charge on any atom is -0.263 e. The molecule has 1 unspecified atom stereocenters. The van der Waals surface area contributed by atoms with Crippen molar-refractivity contribution in [3.05, 3.63) is 24.0 Å². The third-order valence-corrected chi connectivity index (χ3v) is 5.25. The van der Waals surface area contributed by atoms with Gasteiger partial charge in [-0.3, -0.25) is 4.98 Å². The Hall–Kier alpha value is -1.41. The van der Waals surface area contributed by atoms with Crippen molar-refractivity contribution in [3.8, 4) is 6.07 Å². The van der Waals surface area contributed by atoms with Crippen molar-refractivity contribution in [2.75, 3.05) is 0 Å². The quantitative estimate of drug-likeness (QED) is 0.803. The maximum absolute atomic E-state index is 12.1. The number of pyridine rings is 1. The van der Waals surface area contributed by atoms with Gasteiger partial charge in [0.25, 0.3) is 0 Å². The molecule has 19 heavy (non-hydrogen) atoms. The Labute approximate surface area is 115 Å². The molecule has 0 aliphatic carbocycles. The molecule has 4 nitrogen and oxygen atoms in total. The smallest absolute Gasteiger partial charge is 0.182 e. The van der Waals surface area contributed by atoms with Crippen molar-refractivity contribution in [2.45, 2.75) is 56.1 Å². The van der Waals surface area contributed by atoms with Crippen LogP contribution in [-0.2, 0) is 9.84 Å². The van der Waals surface area contributed by atoms with E-state index < -0.39 is 15.1 Å². The SMILES string of the molecule is CCCC(CC#N)c1cncc(S(=O)(=O)C(C)C)c1. The molecule has 104 valence electrons. The fraction of sp³-hybridized carbons (Fsp3) is 0.571. The zero-order chi connectivity index (χ0) is 14.5. The molecule has 0 aliphatic rings. The lowest BCUT2D eigenvalue weighted by atomic mass is 9.93. The zero-order valence-corrected chi connectivity index (χ0v) is 12.4. The van der Waals surface area contributed by atoms with Crippen LogP contribution in [0.4, 0.5) is 0 Å². The van der Waals surface area contributed by atoms with E-state index in [1.165, 1.54) is 6.20 Å². The predicted molar refractivity (Wildman–Crippen MR) is 74.4 cm³/mol. The fourth-order valence-corrected chi connectivity index (χ4v) is 2.98. The summed E-state index contributed by atoms with van der Waals surface area (Å²) in [7, 11) is -3.31. The van der Waals surface area contributed by atoms with Gasteiger partial charge in [0.05, 0.1) is 16.2 Å². The van der Waals surface area contributed by atoms with Gasteiger partial charge in [-0.05, 0) is 37.8 Å². The number of nitrogens with zero attached hydrogens (tertiary/aromatic N) is 2. The van der Waals surface area contributed by atoms with Crippen molar-refractivity contribution in [3.63, 3.8) is 0 Å². The van der Waals surface area contributed by atoms with Crippen molar-refractivity contribution in [2.24, 2.45) is 0 Å². The Morgan fingerprint density at radius 3 is 2.58 bits per heavy atom. The first-order valence-corrected chi connectivity index (χ1v) is 8.03. The molecule has 0 saturated carbocycles. The Bertz CT molecular complexity index is 559. The van der Waals surface area contributed by atoms with Gasteiger partial charge in [0, 0.05) is 18.8 Å². The summed E-state index contributed by atoms with van der Waals surface area (Å²) < 4.78 is 24.2. The number of hydrogen-bond donors (Lipinski definition) is 0. The second-order valence-corrected chi connectivity index (χ2v) is 7.40. The monoisotopic (exact) mass is 280 g/mol. The standard InChI is InChI=1S/C14H20N2O2S/c1-4-5-12(6-7-15)13-8-14(10-16-9-13)19(17,18)11(2)3/h8-12H,4-6H2,1-3H3. The van der Waals surface area contributed by atoms with Crippen LogP contribution < -0.4 is 0 Å². The maximum atomic E-state index is 12.1. The van der Waals surface area contributed by atoms with E-state index in [1.54, 1.807) is 26.1 Å². The summed E-state index contributed by atoms with van der Waals surface area (Å²) in [5.41, 5.74) is 0.838. The molecule has 0 bridgehead atoms. The number of aromatic nitrogens is 1. The lowest BCUT2D eigenvalue weighted by Gasteiger charge is -2.14. The highest BCUT2D eigenvalue weighted by atomic mass is 32.2. The van der Waals surface area contributed by atoms with Gasteiger partial charge in [-0.15, -0.1) is 0 Å². The van der Waals surface area contributed by atoms with Gasteiger partial charge in [-0.1, -0.05) is 13.3 Å². The molecular weight excluding hydrogens is 260 g/mol. The number of hydrogen-bond acceptors (Lipinski definition) is 4. The van der Waals surface area contributed by atoms with Gasteiger partial charge in [0.1, 0.15) is 0 Å². The molecule has 0 radical (unpaired) electrons. The highest BCUT2D eigenvalue weighted by Gasteiger charge is 2.21. The van der Waals surface area contributed by atoms with E-state index in [0.29, 0.717) is 6.42 Å². The summed E-state index contributed by atoms with van der Waals surface area (Å²) in [6.45, 7) is 5.36. The first kappa shape index (κ1) is 15.6. The first-order valence-electron chi connectivity index (χ1n) is 6.49. The summed E-state index contributed by atoms with van der Waals surface area (Å²) in [4.78, 5) is 4.28. The lowest BCUT2D eigenvalue weighted by Crippen LogP contribution is -2.15. The van der Waals surface area contributed by atoms with E-state index in [-0.39, 0.29) is 10.8 Å². The third kappa shape index (κ3) is 3.77. The predicted octanol–water partition coefficient (Wildman–Crippen LogP) is 3.06. The van der Waals surface area contributed by atoms with Crippen molar-refractivity contribution >= 4 is 9.84 Å². The van der Waals surface area contributed by atoms with Crippen LogP contribution in [0.2, 0.25) is 0 Å². The molecule has 1 heterocycles. The number of rotatable bonds is 6. The molecule has 0 spiro atoms. The van der Waals surface area contributed by atoms with Crippen LogP contribution >= 0.6 is 0 Å². The topological polar surface area (TPSA) is 70.8 Å². The molecule has 5 heteroatoms. The Morgan fingerprint density at radius 1 is 1.37 bits per heavy atom. The van der Waals surface area contributed by atoms with E-state index in [4.69, 9.17) is 5.26 Å². The van der Waals surface area contributed by atoms with Crippen LogP contribution in [-0.4, -0.2) is 18.7 Å². The summed E-state index contributed by atoms with van der Waals surface area (Å²) in [6, 6.07) is 3.82. The summed E-state index contributed by atoms with van der Waals surface area (Å²) >= 11 is 0. The summed E-state index contributed by atoms with van der Waals surface area (Å²) in [5.74, 6) is 0.0600. The highest BCUT2D eigenvalue weighted by Crippen LogP contribution is 2.26. The molecule has 1 aromatic heterocycles. The highest BCUT2D eigenvalue weighted by molar-refractivity contribution is 7.92. The second-order valence-electron chi connectivity index (χ2n) is 4.90. The van der Waals surface area contributed by atoms with Gasteiger partial charge in [-0.2, -0.15) is 5.26 Å². The minimum atomic E-state index is -3.31. The molecule has 0 fully saturated rings. The molecule has 0 saturated heterocycles. The molecule has 1 atom stereocenters. The number of nitriles is 1. The molecule has 0 amide bonds. The van der Waals surface area contributed by atoms with Gasteiger partial charge in [0.2, 0.25) is 0 Å². The average Bonchev–Trinajstić information content (AvgIpc) is 2.38. The average molecular weight is 280 g/mol. The van der Waals surface area contributed by atoms with E-state index in [1.807, 2.05) is 6.92 Å². The normalized spacial score (nSPS) is 13.2. The summed E-state index contributed by atoms with van der Waals surface area (Å²) in [6.07, 6.45) is 5.25. The minimum absolute atomic E-state index is 0.0600. The largest absolute Gasteiger partial charge is 0.263 e. The van der Waals surface area contributed by atoms with Crippen molar-refractivity contribution in [1.29, 1.82) is 5.26 Å². The van der Waals surface area contributed by atoms with Crippen LogP contribution in [0, 0.1) is 11.3 Å². The molecule has 1 aromatic rings. The van der Waals surface area contributed by atoms with Gasteiger partial charge < -0.3 is 0 Å². The van der Waals surface area contributed by atoms with Crippen LogP contribution in [0.15, 0.2) is 23.4 Å².